The molecule has 3 heteroatoms. The number of aromatic nitrogens is 2. The second-order valence-electron chi connectivity index (χ2n) is 4.50. The third-order valence-corrected chi connectivity index (χ3v) is 3.30. The van der Waals surface area contributed by atoms with Gasteiger partial charge in [0.05, 0.1) is 5.56 Å². The molecule has 0 fully saturated rings. The van der Waals surface area contributed by atoms with Crippen molar-refractivity contribution in [2.75, 3.05) is 0 Å². The van der Waals surface area contributed by atoms with E-state index in [2.05, 4.69) is 35.1 Å². The zero-order valence-corrected chi connectivity index (χ0v) is 10.3. The number of hydrogen-bond acceptors (Lipinski definition) is 1. The number of H-pyrrole nitrogens is 2. The van der Waals surface area contributed by atoms with Gasteiger partial charge in [0.15, 0.2) is 0 Å². The predicted molar refractivity (Wildman–Crippen MR) is 72.3 cm³/mol. The highest BCUT2D eigenvalue weighted by molar-refractivity contribution is 5.96. The average Bonchev–Trinajstić information content (AvgIpc) is 2.88. The highest BCUT2D eigenvalue weighted by atomic mass is 14.8. The van der Waals surface area contributed by atoms with E-state index < -0.39 is 0 Å². The number of aromatic amines is 2. The molecule has 1 aromatic carbocycles. The summed E-state index contributed by atoms with van der Waals surface area (Å²) in [6.45, 7) is 3.98. The van der Waals surface area contributed by atoms with Gasteiger partial charge in [-0.1, -0.05) is 18.2 Å². The minimum absolute atomic E-state index is 0.703. The minimum Gasteiger partial charge on any atom is -0.358 e. The number of para-hydroxylation sites is 1. The fraction of sp³-hybridized carbons (Fsp3) is 0.133. The van der Waals surface area contributed by atoms with Crippen molar-refractivity contribution in [3.05, 3.63) is 47.3 Å². The molecule has 3 aromatic rings. The first-order valence-electron chi connectivity index (χ1n) is 5.88. The molecule has 0 spiro atoms. The Hall–Kier alpha value is -2.47. The van der Waals surface area contributed by atoms with Crippen LogP contribution in [0, 0.1) is 25.2 Å². The summed E-state index contributed by atoms with van der Waals surface area (Å²) in [4.78, 5) is 6.66. The first-order valence-corrected chi connectivity index (χ1v) is 5.88. The van der Waals surface area contributed by atoms with E-state index in [0.29, 0.717) is 5.56 Å². The van der Waals surface area contributed by atoms with Crippen molar-refractivity contribution in [1.82, 2.24) is 9.97 Å². The van der Waals surface area contributed by atoms with Crippen molar-refractivity contribution < 1.29 is 0 Å². The van der Waals surface area contributed by atoms with Crippen LogP contribution in [0.15, 0.2) is 30.3 Å². The lowest BCUT2D eigenvalue weighted by molar-refractivity contribution is 1.24. The van der Waals surface area contributed by atoms with Gasteiger partial charge in [-0.15, -0.1) is 0 Å². The summed E-state index contributed by atoms with van der Waals surface area (Å²) in [5.41, 5.74) is 6.00. The van der Waals surface area contributed by atoms with Crippen molar-refractivity contribution in [3.63, 3.8) is 0 Å². The van der Waals surface area contributed by atoms with Crippen molar-refractivity contribution in [3.8, 4) is 17.3 Å². The largest absolute Gasteiger partial charge is 0.358 e. The Morgan fingerprint density at radius 2 is 1.83 bits per heavy atom. The van der Waals surface area contributed by atoms with Crippen LogP contribution in [0.2, 0.25) is 0 Å². The Bertz CT molecular complexity index is 769. The fourth-order valence-electron chi connectivity index (χ4n) is 2.43. The van der Waals surface area contributed by atoms with Gasteiger partial charge in [0.1, 0.15) is 6.07 Å². The molecule has 3 nitrogen and oxygen atoms in total. The molecule has 18 heavy (non-hydrogen) atoms. The van der Waals surface area contributed by atoms with Crippen LogP contribution < -0.4 is 0 Å². The monoisotopic (exact) mass is 235 g/mol. The molecule has 0 saturated carbocycles. The number of fused-ring (bicyclic) bond motifs is 1. The summed E-state index contributed by atoms with van der Waals surface area (Å²) in [5.74, 6) is 0. The molecule has 0 bridgehead atoms. The number of aryl methyl sites for hydroxylation is 2. The first-order chi connectivity index (χ1) is 8.70. The van der Waals surface area contributed by atoms with Gasteiger partial charge in [-0.3, -0.25) is 0 Å². The third kappa shape index (κ3) is 1.43. The van der Waals surface area contributed by atoms with Gasteiger partial charge >= 0.3 is 0 Å². The van der Waals surface area contributed by atoms with Crippen LogP contribution in [0.5, 0.6) is 0 Å². The Kier molecular flexibility index (Phi) is 2.24. The van der Waals surface area contributed by atoms with Crippen molar-refractivity contribution in [2.45, 2.75) is 13.8 Å². The molecule has 2 N–H and O–H groups in total. The summed E-state index contributed by atoms with van der Waals surface area (Å²) in [5, 5.41) is 10.2. The Balaban J connectivity index is 2.31. The van der Waals surface area contributed by atoms with Gasteiger partial charge < -0.3 is 9.97 Å². The Morgan fingerprint density at radius 1 is 1.06 bits per heavy atom. The van der Waals surface area contributed by atoms with E-state index in [9.17, 15) is 0 Å². The molecule has 0 aliphatic rings. The number of hydrogen-bond donors (Lipinski definition) is 2. The molecule has 0 atom stereocenters. The number of rotatable bonds is 1. The van der Waals surface area contributed by atoms with Crippen LogP contribution in [0.1, 0.15) is 17.0 Å². The van der Waals surface area contributed by atoms with Crippen LogP contribution >= 0.6 is 0 Å². The summed E-state index contributed by atoms with van der Waals surface area (Å²) in [6.07, 6.45) is 0. The van der Waals surface area contributed by atoms with E-state index in [1.807, 2.05) is 25.1 Å². The molecule has 2 aromatic heterocycles. The summed E-state index contributed by atoms with van der Waals surface area (Å²) in [7, 11) is 0. The molecule has 0 amide bonds. The summed E-state index contributed by atoms with van der Waals surface area (Å²) in [6, 6.07) is 12.3. The van der Waals surface area contributed by atoms with Crippen LogP contribution in [-0.4, -0.2) is 9.97 Å². The molecule has 0 unspecified atom stereocenters. The average molecular weight is 235 g/mol. The van der Waals surface area contributed by atoms with Crippen LogP contribution in [0.3, 0.4) is 0 Å². The van der Waals surface area contributed by atoms with Crippen molar-refractivity contribution >= 4 is 10.9 Å². The maximum absolute atomic E-state index is 9.03. The van der Waals surface area contributed by atoms with Gasteiger partial charge in [-0.05, 0) is 26.0 Å². The normalized spacial score (nSPS) is 10.7. The minimum atomic E-state index is 0.703. The fourth-order valence-corrected chi connectivity index (χ4v) is 2.43. The second-order valence-corrected chi connectivity index (χ2v) is 4.50. The molecule has 0 radical (unpaired) electrons. The number of nitriles is 1. The Labute approximate surface area is 105 Å². The molecule has 2 heterocycles. The zero-order valence-electron chi connectivity index (χ0n) is 10.3. The van der Waals surface area contributed by atoms with E-state index in [0.717, 1.165) is 28.2 Å². The van der Waals surface area contributed by atoms with Gasteiger partial charge in [-0.25, -0.2) is 0 Å². The lowest BCUT2D eigenvalue weighted by atomic mass is 10.1. The number of benzene rings is 1. The number of nitrogens with one attached hydrogen (secondary N) is 2. The topological polar surface area (TPSA) is 55.4 Å². The van der Waals surface area contributed by atoms with Gasteiger partial charge in [-0.2, -0.15) is 5.26 Å². The maximum Gasteiger partial charge on any atom is 0.101 e. The van der Waals surface area contributed by atoms with Crippen molar-refractivity contribution in [2.24, 2.45) is 0 Å². The SMILES string of the molecule is Cc1[nH]c(-c2c(C)[nH]c3ccccc23)cc1C#N. The quantitative estimate of drug-likeness (QED) is 0.664. The van der Waals surface area contributed by atoms with Gasteiger partial charge in [0.2, 0.25) is 0 Å². The highest BCUT2D eigenvalue weighted by Gasteiger charge is 2.13. The zero-order chi connectivity index (χ0) is 12.7. The smallest absolute Gasteiger partial charge is 0.101 e. The van der Waals surface area contributed by atoms with Crippen LogP contribution in [0.25, 0.3) is 22.2 Å². The Morgan fingerprint density at radius 3 is 2.56 bits per heavy atom. The van der Waals surface area contributed by atoms with Crippen LogP contribution in [-0.2, 0) is 0 Å². The second kappa shape index (κ2) is 3.78. The van der Waals surface area contributed by atoms with Gasteiger partial charge in [0.25, 0.3) is 0 Å². The predicted octanol–water partition coefficient (Wildman–Crippen LogP) is 3.65. The number of nitrogens with zero attached hydrogens (tertiary/aromatic N) is 1. The van der Waals surface area contributed by atoms with E-state index in [4.69, 9.17) is 5.26 Å². The van der Waals surface area contributed by atoms with Crippen LogP contribution in [0.4, 0.5) is 0 Å². The standard InChI is InChI=1S/C15H13N3/c1-9-11(8-16)7-14(17-9)15-10(2)18-13-6-4-3-5-12(13)15/h3-7,17-18H,1-2H3. The summed E-state index contributed by atoms with van der Waals surface area (Å²) >= 11 is 0. The van der Waals surface area contributed by atoms with E-state index in [1.54, 1.807) is 0 Å². The lowest BCUT2D eigenvalue weighted by Crippen LogP contribution is -1.79. The maximum atomic E-state index is 9.03. The summed E-state index contributed by atoms with van der Waals surface area (Å²) < 4.78 is 0. The molecule has 0 aliphatic carbocycles. The van der Waals surface area contributed by atoms with E-state index in [-0.39, 0.29) is 0 Å². The first kappa shape index (κ1) is 10.7. The molecule has 0 aliphatic heterocycles. The molecule has 88 valence electrons. The highest BCUT2D eigenvalue weighted by Crippen LogP contribution is 2.32. The molecular weight excluding hydrogens is 222 g/mol. The molecule has 0 saturated heterocycles. The lowest BCUT2D eigenvalue weighted by Gasteiger charge is -1.97. The molecule has 3 rings (SSSR count). The molecular formula is C15H13N3. The van der Waals surface area contributed by atoms with Gasteiger partial charge in [0, 0.05) is 33.5 Å². The van der Waals surface area contributed by atoms with E-state index >= 15 is 0 Å². The van der Waals surface area contributed by atoms with Crippen molar-refractivity contribution in [1.29, 1.82) is 5.26 Å². The van der Waals surface area contributed by atoms with E-state index in [1.165, 1.54) is 5.39 Å². The third-order valence-electron chi connectivity index (χ3n) is 3.30.